The third-order valence-electron chi connectivity index (χ3n) is 3.29. The number of carbonyl (C=O) groups is 1. The van der Waals surface area contributed by atoms with E-state index in [9.17, 15) is 4.79 Å². The van der Waals surface area contributed by atoms with Crippen LogP contribution in [0.1, 0.15) is 26.3 Å². The van der Waals surface area contributed by atoms with Crippen molar-refractivity contribution < 1.29 is 4.79 Å². The Bertz CT molecular complexity index is 525. The van der Waals surface area contributed by atoms with Gasteiger partial charge in [-0.05, 0) is 44.5 Å². The van der Waals surface area contributed by atoms with Gasteiger partial charge in [0.2, 0.25) is 0 Å². The molecule has 0 aromatic heterocycles. The molecule has 0 saturated heterocycles. The molecule has 4 heteroatoms. The van der Waals surface area contributed by atoms with Gasteiger partial charge >= 0.3 is 0 Å². The maximum atomic E-state index is 11.6. The summed E-state index contributed by atoms with van der Waals surface area (Å²) in [4.78, 5) is 13.8. The number of nitrogens with zero attached hydrogens (tertiary/aromatic N) is 2. The summed E-state index contributed by atoms with van der Waals surface area (Å²) < 4.78 is 0. The summed E-state index contributed by atoms with van der Waals surface area (Å²) in [5.41, 5.74) is 6.04. The van der Waals surface area contributed by atoms with Gasteiger partial charge in [-0.1, -0.05) is 12.1 Å². The molecule has 1 N–H and O–H groups in total. The van der Waals surface area contributed by atoms with Crippen LogP contribution in [0.2, 0.25) is 0 Å². The summed E-state index contributed by atoms with van der Waals surface area (Å²) in [7, 11) is 0. The molecule has 0 atom stereocenters. The minimum absolute atomic E-state index is 0.134. The molecule has 1 aromatic rings. The lowest BCUT2D eigenvalue weighted by molar-refractivity contribution is -0.116. The van der Waals surface area contributed by atoms with Crippen molar-refractivity contribution in [3.8, 4) is 0 Å². The summed E-state index contributed by atoms with van der Waals surface area (Å²) in [5.74, 6) is -0.134. The van der Waals surface area contributed by atoms with E-state index in [1.54, 1.807) is 0 Å². The number of hydrogen-bond acceptors (Lipinski definition) is 3. The van der Waals surface area contributed by atoms with E-state index in [0.717, 1.165) is 24.4 Å². The van der Waals surface area contributed by atoms with E-state index in [1.165, 1.54) is 5.69 Å². The number of nitrogens with one attached hydrogen (secondary N) is 1. The van der Waals surface area contributed by atoms with Crippen molar-refractivity contribution in [3.05, 3.63) is 35.4 Å². The summed E-state index contributed by atoms with van der Waals surface area (Å²) >= 11 is 0. The first-order valence-corrected chi connectivity index (χ1v) is 6.57. The van der Waals surface area contributed by atoms with Gasteiger partial charge in [-0.25, -0.2) is 5.43 Å². The van der Waals surface area contributed by atoms with Crippen LogP contribution < -0.4 is 10.3 Å². The van der Waals surface area contributed by atoms with Crippen LogP contribution >= 0.6 is 0 Å². The Hall–Kier alpha value is -2.10. The molecular formula is C15H19N3O. The van der Waals surface area contributed by atoms with Crippen molar-refractivity contribution >= 4 is 23.4 Å². The van der Waals surface area contributed by atoms with Crippen molar-refractivity contribution in [2.75, 3.05) is 18.0 Å². The minimum Gasteiger partial charge on any atom is -0.372 e. The Morgan fingerprint density at radius 3 is 2.32 bits per heavy atom. The molecule has 1 aliphatic rings. The third kappa shape index (κ3) is 2.84. The number of benzene rings is 1. The predicted octanol–water partition coefficient (Wildman–Crippen LogP) is 2.42. The predicted molar refractivity (Wildman–Crippen MR) is 79.2 cm³/mol. The normalized spacial score (nSPS) is 16.5. The standard InChI is InChI=1S/C15H19N3O/c1-4-18(5-2)13-8-6-12(7-9-13)10-14-11(3)16-17-15(14)19/h6-10H,4-5H2,1-3H3,(H,17,19). The Morgan fingerprint density at radius 1 is 1.21 bits per heavy atom. The number of anilines is 1. The van der Waals surface area contributed by atoms with Crippen molar-refractivity contribution in [1.82, 2.24) is 5.43 Å². The van der Waals surface area contributed by atoms with Crippen LogP contribution in [0.15, 0.2) is 34.9 Å². The maximum absolute atomic E-state index is 11.6. The highest BCUT2D eigenvalue weighted by Crippen LogP contribution is 2.18. The molecule has 1 aliphatic heterocycles. The van der Waals surface area contributed by atoms with Gasteiger partial charge in [0.15, 0.2) is 0 Å². The monoisotopic (exact) mass is 257 g/mol. The summed E-state index contributed by atoms with van der Waals surface area (Å²) in [6.45, 7) is 8.09. The van der Waals surface area contributed by atoms with Crippen LogP contribution in [-0.4, -0.2) is 24.7 Å². The summed E-state index contributed by atoms with van der Waals surface area (Å²) in [5, 5.41) is 3.91. The highest BCUT2D eigenvalue weighted by atomic mass is 16.2. The van der Waals surface area contributed by atoms with Crippen molar-refractivity contribution in [3.63, 3.8) is 0 Å². The lowest BCUT2D eigenvalue weighted by Crippen LogP contribution is -2.21. The van der Waals surface area contributed by atoms with E-state index in [0.29, 0.717) is 5.57 Å². The van der Waals surface area contributed by atoms with E-state index in [4.69, 9.17) is 0 Å². The molecule has 19 heavy (non-hydrogen) atoms. The van der Waals surface area contributed by atoms with E-state index in [-0.39, 0.29) is 5.91 Å². The molecule has 1 aromatic carbocycles. The molecule has 1 amide bonds. The first kappa shape index (κ1) is 13.3. The van der Waals surface area contributed by atoms with Crippen LogP contribution in [0.4, 0.5) is 5.69 Å². The second-order valence-corrected chi connectivity index (χ2v) is 4.46. The Morgan fingerprint density at radius 2 is 1.84 bits per heavy atom. The highest BCUT2D eigenvalue weighted by molar-refractivity contribution is 6.26. The van der Waals surface area contributed by atoms with Crippen molar-refractivity contribution in [2.24, 2.45) is 5.10 Å². The van der Waals surface area contributed by atoms with Crippen molar-refractivity contribution in [2.45, 2.75) is 20.8 Å². The number of hydrazone groups is 1. The van der Waals surface area contributed by atoms with Gasteiger partial charge in [0.1, 0.15) is 0 Å². The number of carbonyl (C=O) groups excluding carboxylic acids is 1. The van der Waals surface area contributed by atoms with E-state index >= 15 is 0 Å². The highest BCUT2D eigenvalue weighted by Gasteiger charge is 2.18. The van der Waals surface area contributed by atoms with Gasteiger partial charge in [-0.15, -0.1) is 0 Å². The fourth-order valence-electron chi connectivity index (χ4n) is 2.13. The first-order valence-electron chi connectivity index (χ1n) is 6.57. The molecule has 1 heterocycles. The fourth-order valence-corrected chi connectivity index (χ4v) is 2.13. The van der Waals surface area contributed by atoms with Crippen LogP contribution in [0, 0.1) is 0 Å². The molecule has 0 saturated carbocycles. The van der Waals surface area contributed by atoms with Crippen LogP contribution in [0.5, 0.6) is 0 Å². The number of hydrogen-bond donors (Lipinski definition) is 1. The summed E-state index contributed by atoms with van der Waals surface area (Å²) in [6.07, 6.45) is 1.87. The Labute approximate surface area is 113 Å². The van der Waals surface area contributed by atoms with Gasteiger partial charge in [0.25, 0.3) is 5.91 Å². The summed E-state index contributed by atoms with van der Waals surface area (Å²) in [6, 6.07) is 8.22. The zero-order valence-corrected chi connectivity index (χ0v) is 11.6. The lowest BCUT2D eigenvalue weighted by atomic mass is 10.1. The van der Waals surface area contributed by atoms with E-state index < -0.39 is 0 Å². The first-order chi connectivity index (χ1) is 9.15. The van der Waals surface area contributed by atoms with Gasteiger partial charge in [-0.2, -0.15) is 5.10 Å². The topological polar surface area (TPSA) is 44.7 Å². The Balaban J connectivity index is 2.22. The van der Waals surface area contributed by atoms with Crippen molar-refractivity contribution in [1.29, 1.82) is 0 Å². The molecule has 0 unspecified atom stereocenters. The zero-order chi connectivity index (χ0) is 13.8. The van der Waals surface area contributed by atoms with Gasteiger partial charge in [-0.3, -0.25) is 4.79 Å². The molecule has 0 aliphatic carbocycles. The zero-order valence-electron chi connectivity index (χ0n) is 11.6. The largest absolute Gasteiger partial charge is 0.372 e. The van der Waals surface area contributed by atoms with Crippen LogP contribution in [0.3, 0.4) is 0 Å². The molecule has 0 radical (unpaired) electrons. The van der Waals surface area contributed by atoms with Gasteiger partial charge < -0.3 is 4.90 Å². The second kappa shape index (κ2) is 5.69. The van der Waals surface area contributed by atoms with E-state index in [1.807, 2.05) is 25.1 Å². The molecule has 0 spiro atoms. The SMILES string of the molecule is CCN(CC)c1ccc(C=C2C(=O)NN=C2C)cc1. The number of rotatable bonds is 4. The molecule has 100 valence electrons. The minimum atomic E-state index is -0.134. The molecule has 2 rings (SSSR count). The van der Waals surface area contributed by atoms with Gasteiger partial charge in [0, 0.05) is 18.8 Å². The molecule has 0 bridgehead atoms. The number of amides is 1. The average molecular weight is 257 g/mol. The second-order valence-electron chi connectivity index (χ2n) is 4.46. The lowest BCUT2D eigenvalue weighted by Gasteiger charge is -2.20. The van der Waals surface area contributed by atoms with Crippen LogP contribution in [0.25, 0.3) is 6.08 Å². The molecule has 4 nitrogen and oxygen atoms in total. The quantitative estimate of drug-likeness (QED) is 0.842. The molecule has 0 fully saturated rings. The maximum Gasteiger partial charge on any atom is 0.273 e. The Kier molecular flexibility index (Phi) is 4.00. The molecular weight excluding hydrogens is 238 g/mol. The van der Waals surface area contributed by atoms with Crippen LogP contribution in [-0.2, 0) is 4.79 Å². The third-order valence-corrected chi connectivity index (χ3v) is 3.29. The fraction of sp³-hybridized carbons (Fsp3) is 0.333. The average Bonchev–Trinajstić information content (AvgIpc) is 2.74. The van der Waals surface area contributed by atoms with Gasteiger partial charge in [0.05, 0.1) is 11.3 Å². The van der Waals surface area contributed by atoms with E-state index in [2.05, 4.69) is 41.4 Å². The smallest absolute Gasteiger partial charge is 0.273 e.